The topological polar surface area (TPSA) is 120 Å². The van der Waals surface area contributed by atoms with Crippen molar-refractivity contribution >= 4 is 29.0 Å². The first-order valence-electron chi connectivity index (χ1n) is 17.4. The molecule has 252 valence electrons. The Bertz CT molecular complexity index is 1470. The van der Waals surface area contributed by atoms with E-state index in [9.17, 15) is 24.8 Å². The van der Waals surface area contributed by atoms with Gasteiger partial charge in [0.15, 0.2) is 11.5 Å². The second kappa shape index (κ2) is 10.7. The Kier molecular flexibility index (Phi) is 7.78. The summed E-state index contributed by atoms with van der Waals surface area (Å²) in [5.41, 5.74) is 0.705. The number of hydrogen-bond donors (Lipinski definition) is 3. The van der Waals surface area contributed by atoms with Gasteiger partial charge in [-0.05, 0) is 109 Å². The van der Waals surface area contributed by atoms with Crippen LogP contribution in [0.5, 0.6) is 0 Å². The van der Waals surface area contributed by atoms with Gasteiger partial charge in [0.1, 0.15) is 6.10 Å². The van der Waals surface area contributed by atoms with Crippen LogP contribution in [0.15, 0.2) is 35.9 Å². The van der Waals surface area contributed by atoms with Crippen molar-refractivity contribution in [2.45, 2.75) is 119 Å². The van der Waals surface area contributed by atoms with Crippen LogP contribution < -0.4 is 10.5 Å². The van der Waals surface area contributed by atoms with Crippen LogP contribution in [0.25, 0.3) is 0 Å². The van der Waals surface area contributed by atoms with E-state index >= 15 is 0 Å². The smallest absolute Gasteiger partial charge is 0.302 e. The molecule has 4 fully saturated rings. The minimum atomic E-state index is -0.996. The molecule has 1 aromatic rings. The number of hydrogen-bond acceptors (Lipinski definition) is 6. The molecule has 46 heavy (non-hydrogen) atoms. The molecule has 0 saturated heterocycles. The van der Waals surface area contributed by atoms with Crippen LogP contribution in [0, 0.1) is 55.5 Å². The molecule has 0 aliphatic heterocycles. The predicted molar refractivity (Wildman–Crippen MR) is 176 cm³/mol. The first kappa shape index (κ1) is 33.4. The lowest BCUT2D eigenvalue weighted by molar-refractivity contribution is -0.991. The summed E-state index contributed by atoms with van der Waals surface area (Å²) in [5, 5.41) is 22.6. The van der Waals surface area contributed by atoms with Crippen LogP contribution >= 0.6 is 0 Å². The largest absolute Gasteiger partial charge is 0.595 e. The second-order valence-corrected chi connectivity index (χ2v) is 17.5. The summed E-state index contributed by atoms with van der Waals surface area (Å²) in [6.07, 6.45) is 10.0. The van der Waals surface area contributed by atoms with Crippen LogP contribution in [0.4, 0.5) is 11.4 Å². The Morgan fingerprint density at radius 1 is 0.935 bits per heavy atom. The van der Waals surface area contributed by atoms with Gasteiger partial charge in [-0.2, -0.15) is 5.23 Å². The third-order valence-corrected chi connectivity index (χ3v) is 14.8. The van der Waals surface area contributed by atoms with Gasteiger partial charge >= 0.3 is 5.97 Å². The first-order chi connectivity index (χ1) is 21.3. The maximum Gasteiger partial charge on any atom is 0.302 e. The lowest BCUT2D eigenvalue weighted by atomic mass is 9.33. The monoisotopic (exact) mass is 634 g/mol. The molecule has 5 aliphatic rings. The number of allylic oxidation sites excluding steroid dienone is 2. The van der Waals surface area contributed by atoms with Gasteiger partial charge in [0.25, 0.3) is 0 Å². The summed E-state index contributed by atoms with van der Waals surface area (Å²) >= 11 is 0. The number of carbonyl (C=O) groups is 3. The highest BCUT2D eigenvalue weighted by atomic mass is 16.8. The zero-order valence-electron chi connectivity index (χ0n) is 29.0. The fourth-order valence-electron chi connectivity index (χ4n) is 11.8. The normalized spacial score (nSPS) is 43.5. The van der Waals surface area contributed by atoms with E-state index in [1.807, 2.05) is 6.08 Å². The van der Waals surface area contributed by atoms with Crippen molar-refractivity contribution in [1.29, 1.82) is 0 Å². The molecule has 3 N–H and O–H groups in total. The molecule has 0 heterocycles. The Balaban J connectivity index is 1.32. The number of anilines is 1. The van der Waals surface area contributed by atoms with Crippen molar-refractivity contribution in [2.24, 2.45) is 50.2 Å². The van der Waals surface area contributed by atoms with Crippen molar-refractivity contribution in [3.05, 3.63) is 41.1 Å². The molecule has 0 spiro atoms. The molecule has 8 heteroatoms. The van der Waals surface area contributed by atoms with Crippen LogP contribution in [0.3, 0.4) is 0 Å². The molecule has 0 aromatic heterocycles. The van der Waals surface area contributed by atoms with Crippen molar-refractivity contribution in [3.63, 3.8) is 0 Å². The number of amides is 1. The van der Waals surface area contributed by atoms with Gasteiger partial charge < -0.3 is 15.3 Å². The highest BCUT2D eigenvalue weighted by Gasteiger charge is 2.70. The van der Waals surface area contributed by atoms with E-state index in [2.05, 4.69) is 53.8 Å². The molecule has 8 nitrogen and oxygen atoms in total. The minimum Gasteiger partial charge on any atom is -0.595 e. The van der Waals surface area contributed by atoms with E-state index in [1.165, 1.54) is 24.6 Å². The van der Waals surface area contributed by atoms with Gasteiger partial charge in [-0.3, -0.25) is 14.4 Å². The SMILES string of the molecule is CC(=O)O[C@@H]1CC[C@]2(C)[C@H](CC[C@]3(C)[C@@H]2C(=O)C=C2[C@H]4C[C@@](C)(C(=O)Nc5ccc([NH+]([O-])O)cc5)CC[C@]4(C)CC[C@@]23C)C1(C)C. The zero-order chi connectivity index (χ0) is 33.7. The van der Waals surface area contributed by atoms with E-state index < -0.39 is 10.6 Å². The van der Waals surface area contributed by atoms with Crippen molar-refractivity contribution < 1.29 is 29.6 Å². The maximum atomic E-state index is 14.7. The first-order valence-corrected chi connectivity index (χ1v) is 17.4. The van der Waals surface area contributed by atoms with E-state index in [1.54, 1.807) is 12.1 Å². The summed E-state index contributed by atoms with van der Waals surface area (Å²) in [7, 11) is 0. The number of esters is 1. The highest BCUT2D eigenvalue weighted by Crippen LogP contribution is 2.75. The van der Waals surface area contributed by atoms with Gasteiger partial charge in [-0.15, -0.1) is 0 Å². The van der Waals surface area contributed by atoms with E-state index in [0.29, 0.717) is 12.1 Å². The minimum absolute atomic E-state index is 0.0307. The second-order valence-electron chi connectivity index (χ2n) is 17.5. The number of quaternary nitrogens is 1. The van der Waals surface area contributed by atoms with E-state index in [0.717, 1.165) is 51.4 Å². The standard InChI is InChI=1S/C38H54N2O6/c1-23(41)46-30-14-15-36(6)29(33(30,2)3)13-16-38(8)31(36)28(42)21-26-27-22-35(5,18-17-34(27,4)19-20-37(26,38)7)32(43)39-24-9-11-25(12-10-24)40(44)45/h9-12,21,27,29-31,40,44H,13-20,22H2,1-8H3,(H,39,43)/t27-,29-,30-,31-,34-,35+,36-,37+,38-/m1/s1. The average Bonchev–Trinajstić information content (AvgIpc) is 2.96. The fraction of sp³-hybridized carbons (Fsp3) is 0.711. The molecular formula is C38H54N2O6. The molecular weight excluding hydrogens is 580 g/mol. The third-order valence-electron chi connectivity index (χ3n) is 14.8. The molecule has 5 aliphatic carbocycles. The van der Waals surface area contributed by atoms with E-state index in [4.69, 9.17) is 4.74 Å². The Morgan fingerprint density at radius 2 is 1.59 bits per heavy atom. The molecule has 1 unspecified atom stereocenters. The van der Waals surface area contributed by atoms with Crippen molar-refractivity contribution in [3.8, 4) is 0 Å². The number of benzene rings is 1. The average molecular weight is 635 g/mol. The van der Waals surface area contributed by atoms with Gasteiger partial charge in [-0.25, -0.2) is 5.21 Å². The van der Waals surface area contributed by atoms with Gasteiger partial charge in [-0.1, -0.05) is 54.0 Å². The number of carbonyl (C=O) groups excluding carboxylic acids is 3. The predicted octanol–water partition coefficient (Wildman–Crippen LogP) is 6.94. The van der Waals surface area contributed by atoms with Gasteiger partial charge in [0.2, 0.25) is 5.91 Å². The molecule has 1 amide bonds. The lowest BCUT2D eigenvalue weighted by Gasteiger charge is -2.70. The summed E-state index contributed by atoms with van der Waals surface area (Å²) in [6, 6.07) is 6.33. The zero-order valence-corrected chi connectivity index (χ0v) is 29.0. The molecule has 0 radical (unpaired) electrons. The maximum absolute atomic E-state index is 14.7. The summed E-state index contributed by atoms with van der Waals surface area (Å²) in [6.45, 7) is 17.6. The summed E-state index contributed by atoms with van der Waals surface area (Å²) in [4.78, 5) is 40.6. The van der Waals surface area contributed by atoms with Gasteiger partial charge in [0.05, 0.1) is 0 Å². The van der Waals surface area contributed by atoms with Crippen LogP contribution in [-0.2, 0) is 19.1 Å². The summed E-state index contributed by atoms with van der Waals surface area (Å²) < 4.78 is 5.86. The number of ether oxygens (including phenoxy) is 1. The Hall–Kier alpha value is -2.55. The van der Waals surface area contributed by atoms with Gasteiger partial charge in [0, 0.05) is 41.5 Å². The Labute approximate surface area is 274 Å². The molecule has 10 atom stereocenters. The third kappa shape index (κ3) is 4.75. The lowest BCUT2D eigenvalue weighted by Crippen LogP contribution is -2.99. The number of nitrogens with one attached hydrogen (secondary N) is 2. The van der Waals surface area contributed by atoms with Crippen LogP contribution in [-0.4, -0.2) is 29.0 Å². The highest BCUT2D eigenvalue weighted by molar-refractivity contribution is 5.97. The molecule has 6 rings (SSSR count). The quantitative estimate of drug-likeness (QED) is 0.244. The Morgan fingerprint density at radius 3 is 2.22 bits per heavy atom. The molecule has 1 aromatic carbocycles. The molecule has 4 saturated carbocycles. The number of fused-ring (bicyclic) bond motifs is 7. The molecule has 0 bridgehead atoms. The van der Waals surface area contributed by atoms with Crippen molar-refractivity contribution in [1.82, 2.24) is 0 Å². The fourth-order valence-corrected chi connectivity index (χ4v) is 11.8. The summed E-state index contributed by atoms with van der Waals surface area (Å²) in [5.74, 6) is 0.291. The number of rotatable bonds is 4. The number of ketones is 1. The van der Waals surface area contributed by atoms with Crippen LogP contribution in [0.2, 0.25) is 0 Å². The van der Waals surface area contributed by atoms with Crippen LogP contribution in [0.1, 0.15) is 113 Å². The van der Waals surface area contributed by atoms with E-state index in [-0.39, 0.29) is 74.3 Å². The van der Waals surface area contributed by atoms with Crippen molar-refractivity contribution in [2.75, 3.05) is 5.32 Å².